The first kappa shape index (κ1) is 14.6. The number of aliphatic imine (C=N–C) groups is 1. The van der Waals surface area contributed by atoms with Gasteiger partial charge in [-0.05, 0) is 30.9 Å². The van der Waals surface area contributed by atoms with Crippen molar-refractivity contribution in [3.05, 3.63) is 0 Å². The van der Waals surface area contributed by atoms with E-state index in [0.717, 1.165) is 5.25 Å². The summed E-state index contributed by atoms with van der Waals surface area (Å²) in [6.45, 7) is 6.84. The van der Waals surface area contributed by atoms with Crippen molar-refractivity contribution in [3.63, 3.8) is 0 Å². The first-order chi connectivity index (χ1) is 8.70. The lowest BCUT2D eigenvalue weighted by Crippen LogP contribution is -2.39. The topological polar surface area (TPSA) is 24.4 Å². The second-order valence-electron chi connectivity index (χ2n) is 5.56. The molecule has 4 heteroatoms. The van der Waals surface area contributed by atoms with Crippen LogP contribution in [0.25, 0.3) is 0 Å². The molecule has 1 N–H and O–H groups in total. The first-order valence-corrected chi connectivity index (χ1v) is 9.33. The largest absolute Gasteiger partial charge is 0.361 e. The fourth-order valence-electron chi connectivity index (χ4n) is 2.75. The summed E-state index contributed by atoms with van der Waals surface area (Å²) in [5.41, 5.74) is 0. The second-order valence-corrected chi connectivity index (χ2v) is 8.16. The third-order valence-electron chi connectivity index (χ3n) is 3.85. The van der Waals surface area contributed by atoms with E-state index in [1.54, 1.807) is 0 Å². The van der Waals surface area contributed by atoms with Crippen LogP contribution in [-0.2, 0) is 0 Å². The number of hydrogen-bond acceptors (Lipinski definition) is 4. The van der Waals surface area contributed by atoms with Gasteiger partial charge in [-0.2, -0.15) is 11.8 Å². The minimum absolute atomic E-state index is 0.535. The van der Waals surface area contributed by atoms with Crippen LogP contribution in [0.4, 0.5) is 0 Å². The minimum Gasteiger partial charge on any atom is -0.361 e. The van der Waals surface area contributed by atoms with E-state index < -0.39 is 0 Å². The molecule has 1 fully saturated rings. The molecule has 0 radical (unpaired) electrons. The van der Waals surface area contributed by atoms with E-state index in [1.807, 2.05) is 11.8 Å². The molecule has 3 unspecified atom stereocenters. The fourth-order valence-corrected chi connectivity index (χ4v) is 4.95. The number of nitrogens with one attached hydrogen (secondary N) is 1. The van der Waals surface area contributed by atoms with Crippen LogP contribution in [-0.4, -0.2) is 34.0 Å². The third kappa shape index (κ3) is 3.83. The Hall–Kier alpha value is 0.170. The molecule has 1 aliphatic heterocycles. The molecule has 3 atom stereocenters. The van der Waals surface area contributed by atoms with Gasteiger partial charge in [0.25, 0.3) is 0 Å². The number of rotatable bonds is 4. The Bertz CT molecular complexity index is 292. The molecule has 0 spiro atoms. The molecule has 0 aromatic rings. The molecule has 0 amide bonds. The Morgan fingerprint density at radius 2 is 2.22 bits per heavy atom. The highest BCUT2D eigenvalue weighted by Gasteiger charge is 2.29. The van der Waals surface area contributed by atoms with E-state index in [1.165, 1.54) is 42.4 Å². The zero-order chi connectivity index (χ0) is 13.0. The Labute approximate surface area is 120 Å². The Balaban J connectivity index is 1.91. The summed E-state index contributed by atoms with van der Waals surface area (Å²) in [5.74, 6) is 3.14. The number of hydrogen-bond donors (Lipinski definition) is 1. The average Bonchev–Trinajstić information content (AvgIpc) is 2.77. The van der Waals surface area contributed by atoms with E-state index in [-0.39, 0.29) is 0 Å². The van der Waals surface area contributed by atoms with Crippen molar-refractivity contribution in [2.24, 2.45) is 10.9 Å². The fraction of sp³-hybridized carbons (Fsp3) is 0.929. The summed E-state index contributed by atoms with van der Waals surface area (Å²) in [6, 6.07) is 1.19. The summed E-state index contributed by atoms with van der Waals surface area (Å²) >= 11 is 4.04. The van der Waals surface area contributed by atoms with Crippen molar-refractivity contribution in [1.82, 2.24) is 5.32 Å². The van der Waals surface area contributed by atoms with Crippen molar-refractivity contribution < 1.29 is 0 Å². The molecule has 1 heterocycles. The van der Waals surface area contributed by atoms with Crippen molar-refractivity contribution in [3.8, 4) is 0 Å². The van der Waals surface area contributed by atoms with Crippen molar-refractivity contribution in [2.45, 2.75) is 63.8 Å². The summed E-state index contributed by atoms with van der Waals surface area (Å²) in [7, 11) is 0. The summed E-state index contributed by atoms with van der Waals surface area (Å²) < 4.78 is 0. The molecule has 2 nitrogen and oxygen atoms in total. The highest BCUT2D eigenvalue weighted by molar-refractivity contribution is 8.13. The minimum atomic E-state index is 0.535. The van der Waals surface area contributed by atoms with Crippen molar-refractivity contribution in [1.29, 1.82) is 0 Å². The molecular formula is C14H26N2S2. The predicted octanol–water partition coefficient (Wildman–Crippen LogP) is 3.77. The number of thioether (sulfide) groups is 2. The zero-order valence-corrected chi connectivity index (χ0v) is 13.4. The molecular weight excluding hydrogens is 260 g/mol. The van der Waals surface area contributed by atoms with Gasteiger partial charge in [0.1, 0.15) is 0 Å². The van der Waals surface area contributed by atoms with Gasteiger partial charge in [-0.15, -0.1) is 0 Å². The standard InChI is InChI=1S/C14H26N2S2/c1-4-17-13-7-5-6-12(13)16-14-15-11(10(2)3)8-9-18-14/h10-13H,4-9H2,1-3H3,(H,15,16). The molecule has 1 saturated carbocycles. The normalized spacial score (nSPS) is 32.7. The van der Waals surface area contributed by atoms with Crippen LogP contribution < -0.4 is 5.32 Å². The zero-order valence-electron chi connectivity index (χ0n) is 11.8. The van der Waals surface area contributed by atoms with Gasteiger partial charge in [-0.25, -0.2) is 0 Å². The summed E-state index contributed by atoms with van der Waals surface area (Å²) in [6.07, 6.45) is 5.32. The third-order valence-corrected chi connectivity index (χ3v) is 6.11. The Morgan fingerprint density at radius 3 is 2.94 bits per heavy atom. The quantitative estimate of drug-likeness (QED) is 0.851. The number of amidine groups is 1. The Kier molecular flexibility index (Phi) is 5.74. The van der Waals surface area contributed by atoms with Crippen molar-refractivity contribution >= 4 is 28.7 Å². The maximum atomic E-state index is 4.90. The Morgan fingerprint density at radius 1 is 1.39 bits per heavy atom. The van der Waals surface area contributed by atoms with Gasteiger partial charge in [-0.3, -0.25) is 4.99 Å². The molecule has 1 aliphatic carbocycles. The molecule has 2 rings (SSSR count). The van der Waals surface area contributed by atoms with E-state index >= 15 is 0 Å². The highest BCUT2D eigenvalue weighted by atomic mass is 32.2. The van der Waals surface area contributed by atoms with Gasteiger partial charge in [-0.1, -0.05) is 39.0 Å². The van der Waals surface area contributed by atoms with Crippen molar-refractivity contribution in [2.75, 3.05) is 11.5 Å². The van der Waals surface area contributed by atoms with E-state index in [2.05, 4.69) is 37.8 Å². The van der Waals surface area contributed by atoms with E-state index in [0.29, 0.717) is 18.0 Å². The SMILES string of the molecule is CCSC1CCCC1NC1=NC(C(C)C)CCS1. The molecule has 0 saturated heterocycles. The summed E-state index contributed by atoms with van der Waals surface area (Å²) in [4.78, 5) is 4.90. The summed E-state index contributed by atoms with van der Waals surface area (Å²) in [5, 5.41) is 5.75. The van der Waals surface area contributed by atoms with E-state index in [9.17, 15) is 0 Å². The molecule has 18 heavy (non-hydrogen) atoms. The lowest BCUT2D eigenvalue weighted by atomic mass is 10.0. The van der Waals surface area contributed by atoms with Crippen LogP contribution >= 0.6 is 23.5 Å². The van der Waals surface area contributed by atoms with Gasteiger partial charge >= 0.3 is 0 Å². The van der Waals surface area contributed by atoms with Crippen LogP contribution in [0.2, 0.25) is 0 Å². The first-order valence-electron chi connectivity index (χ1n) is 7.29. The smallest absolute Gasteiger partial charge is 0.157 e. The van der Waals surface area contributed by atoms with Gasteiger partial charge in [0.15, 0.2) is 5.17 Å². The van der Waals surface area contributed by atoms with Gasteiger partial charge in [0, 0.05) is 17.0 Å². The van der Waals surface area contributed by atoms with Crippen LogP contribution in [0.15, 0.2) is 4.99 Å². The van der Waals surface area contributed by atoms with Crippen LogP contribution in [0.3, 0.4) is 0 Å². The van der Waals surface area contributed by atoms with Gasteiger partial charge < -0.3 is 5.32 Å². The van der Waals surface area contributed by atoms with Gasteiger partial charge in [0.2, 0.25) is 0 Å². The molecule has 0 bridgehead atoms. The molecule has 0 aromatic carbocycles. The lowest BCUT2D eigenvalue weighted by molar-refractivity contribution is 0.481. The average molecular weight is 287 g/mol. The molecule has 0 aromatic heterocycles. The van der Waals surface area contributed by atoms with Crippen LogP contribution in [0, 0.1) is 5.92 Å². The molecule has 104 valence electrons. The second kappa shape index (κ2) is 7.09. The number of nitrogens with zero attached hydrogens (tertiary/aromatic N) is 1. The molecule has 2 aliphatic rings. The highest BCUT2D eigenvalue weighted by Crippen LogP contribution is 2.31. The van der Waals surface area contributed by atoms with Gasteiger partial charge in [0.05, 0.1) is 6.04 Å². The van der Waals surface area contributed by atoms with E-state index in [4.69, 9.17) is 4.99 Å². The maximum Gasteiger partial charge on any atom is 0.157 e. The lowest BCUT2D eigenvalue weighted by Gasteiger charge is -2.27. The van der Waals surface area contributed by atoms with Crippen LogP contribution in [0.1, 0.15) is 46.5 Å². The monoisotopic (exact) mass is 286 g/mol. The maximum absolute atomic E-state index is 4.90. The van der Waals surface area contributed by atoms with Crippen LogP contribution in [0.5, 0.6) is 0 Å². The predicted molar refractivity (Wildman–Crippen MR) is 85.8 cm³/mol.